The van der Waals surface area contributed by atoms with E-state index < -0.39 is 0 Å². The van der Waals surface area contributed by atoms with E-state index >= 15 is 0 Å². The summed E-state index contributed by atoms with van der Waals surface area (Å²) in [6, 6.07) is 15.2. The fraction of sp³-hybridized carbons (Fsp3) is 0.481. The molecule has 2 aliphatic rings. The smallest absolute Gasteiger partial charge is 0.255 e. The van der Waals surface area contributed by atoms with Gasteiger partial charge < -0.3 is 16.0 Å². The normalized spacial score (nSPS) is 21.4. The van der Waals surface area contributed by atoms with Gasteiger partial charge in [-0.3, -0.25) is 9.59 Å². The highest BCUT2D eigenvalue weighted by atomic mass is 35.5. The topological polar surface area (TPSA) is 75.4 Å². The SMILES string of the molecule is NC1CCC(N(Cc2ccc(NC(=O)c3cccc(Cl)c3)cc2)C(=O)C2CCCCC2)CC1. The van der Waals surface area contributed by atoms with Crippen LogP contribution in [0, 0.1) is 5.92 Å². The van der Waals surface area contributed by atoms with Crippen LogP contribution in [0.1, 0.15) is 73.7 Å². The minimum atomic E-state index is -0.196. The minimum absolute atomic E-state index is 0.158. The first kappa shape index (κ1) is 23.8. The predicted octanol–water partition coefficient (Wildman–Crippen LogP) is 5.77. The van der Waals surface area contributed by atoms with Gasteiger partial charge in [0.25, 0.3) is 5.91 Å². The number of nitrogens with two attached hydrogens (primary N) is 1. The Balaban J connectivity index is 1.44. The fourth-order valence-corrected chi connectivity index (χ4v) is 5.30. The average molecular weight is 468 g/mol. The Kier molecular flexibility index (Phi) is 8.05. The highest BCUT2D eigenvalue weighted by Gasteiger charge is 2.32. The lowest BCUT2D eigenvalue weighted by atomic mass is 9.85. The molecule has 176 valence electrons. The maximum Gasteiger partial charge on any atom is 0.255 e. The van der Waals surface area contributed by atoms with Crippen molar-refractivity contribution in [2.75, 3.05) is 5.32 Å². The Morgan fingerprint density at radius 2 is 1.64 bits per heavy atom. The number of benzene rings is 2. The number of rotatable bonds is 6. The van der Waals surface area contributed by atoms with Crippen LogP contribution in [0.15, 0.2) is 48.5 Å². The first-order valence-electron chi connectivity index (χ1n) is 12.2. The van der Waals surface area contributed by atoms with Gasteiger partial charge in [0.05, 0.1) is 0 Å². The Morgan fingerprint density at radius 1 is 0.939 bits per heavy atom. The van der Waals surface area contributed by atoms with E-state index in [4.69, 9.17) is 17.3 Å². The van der Waals surface area contributed by atoms with Crippen molar-refractivity contribution >= 4 is 29.1 Å². The van der Waals surface area contributed by atoms with E-state index in [9.17, 15) is 9.59 Å². The van der Waals surface area contributed by atoms with Crippen molar-refractivity contribution in [3.63, 3.8) is 0 Å². The third-order valence-electron chi connectivity index (χ3n) is 7.07. The summed E-state index contributed by atoms with van der Waals surface area (Å²) in [5.41, 5.74) is 8.45. The van der Waals surface area contributed by atoms with E-state index in [1.165, 1.54) is 6.42 Å². The lowest BCUT2D eigenvalue weighted by Crippen LogP contribution is -2.46. The zero-order valence-electron chi connectivity index (χ0n) is 19.1. The number of carbonyl (C=O) groups is 2. The van der Waals surface area contributed by atoms with E-state index in [0.717, 1.165) is 62.6 Å². The van der Waals surface area contributed by atoms with E-state index in [0.29, 0.717) is 23.0 Å². The van der Waals surface area contributed by atoms with Crippen molar-refractivity contribution in [3.05, 3.63) is 64.7 Å². The van der Waals surface area contributed by atoms with Crippen LogP contribution in [0.5, 0.6) is 0 Å². The molecule has 0 bridgehead atoms. The average Bonchev–Trinajstić information content (AvgIpc) is 2.84. The van der Waals surface area contributed by atoms with Gasteiger partial charge >= 0.3 is 0 Å². The van der Waals surface area contributed by atoms with Crippen LogP contribution in [0.3, 0.4) is 0 Å². The number of hydrogen-bond donors (Lipinski definition) is 2. The monoisotopic (exact) mass is 467 g/mol. The molecule has 0 aromatic heterocycles. The molecule has 5 nitrogen and oxygen atoms in total. The highest BCUT2D eigenvalue weighted by molar-refractivity contribution is 6.31. The summed E-state index contributed by atoms with van der Waals surface area (Å²) < 4.78 is 0. The first-order chi connectivity index (χ1) is 16.0. The molecule has 0 atom stereocenters. The molecule has 0 aliphatic heterocycles. The van der Waals surface area contributed by atoms with Crippen molar-refractivity contribution in [1.29, 1.82) is 0 Å². The second-order valence-electron chi connectivity index (χ2n) is 9.53. The number of amides is 2. The van der Waals surface area contributed by atoms with Gasteiger partial charge in [0.15, 0.2) is 0 Å². The first-order valence-corrected chi connectivity index (χ1v) is 12.6. The van der Waals surface area contributed by atoms with Crippen molar-refractivity contribution in [2.45, 2.75) is 76.4 Å². The van der Waals surface area contributed by atoms with E-state index in [2.05, 4.69) is 10.2 Å². The summed E-state index contributed by atoms with van der Waals surface area (Å²) >= 11 is 6.00. The lowest BCUT2D eigenvalue weighted by molar-refractivity contribution is -0.140. The lowest BCUT2D eigenvalue weighted by Gasteiger charge is -2.39. The maximum absolute atomic E-state index is 13.5. The van der Waals surface area contributed by atoms with Crippen LogP contribution >= 0.6 is 11.6 Å². The zero-order chi connectivity index (χ0) is 23.2. The van der Waals surface area contributed by atoms with Gasteiger partial charge in [-0.05, 0) is 74.4 Å². The summed E-state index contributed by atoms with van der Waals surface area (Å²) in [4.78, 5) is 28.1. The number of halogens is 1. The Labute approximate surface area is 201 Å². The van der Waals surface area contributed by atoms with Gasteiger partial charge in [-0.2, -0.15) is 0 Å². The molecule has 2 fully saturated rings. The third kappa shape index (κ3) is 6.36. The van der Waals surface area contributed by atoms with Crippen molar-refractivity contribution in [3.8, 4) is 0 Å². The molecular formula is C27H34ClN3O2. The van der Waals surface area contributed by atoms with Gasteiger partial charge in [0.1, 0.15) is 0 Å². The molecule has 6 heteroatoms. The van der Waals surface area contributed by atoms with E-state index in [-0.39, 0.29) is 23.9 Å². The van der Waals surface area contributed by atoms with Crippen LogP contribution in [0.25, 0.3) is 0 Å². The van der Waals surface area contributed by atoms with E-state index in [1.54, 1.807) is 24.3 Å². The standard InChI is InChI=1S/C27H34ClN3O2/c28-22-8-4-7-21(17-22)26(32)30-24-13-9-19(10-14-24)18-31(25-15-11-23(29)12-16-25)27(33)20-5-2-1-3-6-20/h4,7-10,13-14,17,20,23,25H,1-3,5-6,11-12,15-16,18,29H2,(H,30,32). The van der Waals surface area contributed by atoms with Crippen molar-refractivity contribution in [2.24, 2.45) is 11.7 Å². The molecule has 2 aromatic rings. The Hall–Kier alpha value is -2.37. The van der Waals surface area contributed by atoms with Gasteiger partial charge in [0.2, 0.25) is 5.91 Å². The van der Waals surface area contributed by atoms with Gasteiger partial charge in [-0.25, -0.2) is 0 Å². The molecular weight excluding hydrogens is 434 g/mol. The second kappa shape index (κ2) is 11.2. The Morgan fingerprint density at radius 3 is 2.30 bits per heavy atom. The minimum Gasteiger partial charge on any atom is -0.335 e. The van der Waals surface area contributed by atoms with Crippen LogP contribution in [0.4, 0.5) is 5.69 Å². The number of carbonyl (C=O) groups excluding carboxylic acids is 2. The molecule has 4 rings (SSSR count). The van der Waals surface area contributed by atoms with Crippen LogP contribution in [-0.2, 0) is 11.3 Å². The quantitative estimate of drug-likeness (QED) is 0.566. The molecule has 0 unspecified atom stereocenters. The molecule has 0 spiro atoms. The zero-order valence-corrected chi connectivity index (χ0v) is 19.9. The van der Waals surface area contributed by atoms with Crippen molar-refractivity contribution in [1.82, 2.24) is 4.90 Å². The maximum atomic E-state index is 13.5. The molecule has 2 amide bonds. The summed E-state index contributed by atoms with van der Waals surface area (Å²) in [6.07, 6.45) is 9.49. The highest BCUT2D eigenvalue weighted by Crippen LogP contribution is 2.30. The summed E-state index contributed by atoms with van der Waals surface area (Å²) in [5.74, 6) is 0.275. The third-order valence-corrected chi connectivity index (χ3v) is 7.31. The number of anilines is 1. The summed E-state index contributed by atoms with van der Waals surface area (Å²) in [6.45, 7) is 0.609. The Bertz CT molecular complexity index is 948. The largest absolute Gasteiger partial charge is 0.335 e. The predicted molar refractivity (Wildman–Crippen MR) is 133 cm³/mol. The van der Waals surface area contributed by atoms with Crippen LogP contribution < -0.4 is 11.1 Å². The molecule has 3 N–H and O–H groups in total. The van der Waals surface area contributed by atoms with Gasteiger partial charge in [-0.1, -0.05) is 49.1 Å². The molecule has 0 saturated heterocycles. The molecule has 2 aliphatic carbocycles. The molecule has 2 saturated carbocycles. The van der Waals surface area contributed by atoms with Crippen LogP contribution in [0.2, 0.25) is 5.02 Å². The van der Waals surface area contributed by atoms with Crippen molar-refractivity contribution < 1.29 is 9.59 Å². The molecule has 33 heavy (non-hydrogen) atoms. The van der Waals surface area contributed by atoms with Gasteiger partial charge in [-0.15, -0.1) is 0 Å². The summed E-state index contributed by atoms with van der Waals surface area (Å²) in [5, 5.41) is 3.45. The van der Waals surface area contributed by atoms with E-state index in [1.807, 2.05) is 24.3 Å². The number of nitrogens with one attached hydrogen (secondary N) is 1. The molecule has 0 radical (unpaired) electrons. The molecule has 0 heterocycles. The van der Waals surface area contributed by atoms with Gasteiger partial charge in [0, 0.05) is 40.8 Å². The summed E-state index contributed by atoms with van der Waals surface area (Å²) in [7, 11) is 0. The number of nitrogens with zero attached hydrogens (tertiary/aromatic N) is 1. The fourth-order valence-electron chi connectivity index (χ4n) is 5.11. The number of hydrogen-bond acceptors (Lipinski definition) is 3. The van der Waals surface area contributed by atoms with Crippen LogP contribution in [-0.4, -0.2) is 28.8 Å². The molecule has 2 aromatic carbocycles. The second-order valence-corrected chi connectivity index (χ2v) is 9.97.